The zero-order chi connectivity index (χ0) is 18.7. The van der Waals surface area contributed by atoms with Gasteiger partial charge < -0.3 is 19.2 Å². The summed E-state index contributed by atoms with van der Waals surface area (Å²) in [6.07, 6.45) is 1.71. The second-order valence-electron chi connectivity index (χ2n) is 5.40. The van der Waals surface area contributed by atoms with Crippen LogP contribution in [0, 0.1) is 0 Å². The fourth-order valence-electron chi connectivity index (χ4n) is 2.49. The van der Waals surface area contributed by atoms with Crippen LogP contribution in [0.1, 0.15) is 11.4 Å². The van der Waals surface area contributed by atoms with E-state index >= 15 is 0 Å². The summed E-state index contributed by atoms with van der Waals surface area (Å²) in [6, 6.07) is 10.6. The molecule has 0 aliphatic carbocycles. The van der Waals surface area contributed by atoms with Crippen molar-refractivity contribution in [3.63, 3.8) is 0 Å². The molecular weight excluding hydrogens is 356 g/mol. The quantitative estimate of drug-likeness (QED) is 0.739. The Morgan fingerprint density at radius 2 is 1.69 bits per heavy atom. The minimum absolute atomic E-state index is 0.271. The van der Waals surface area contributed by atoms with Crippen LogP contribution in [-0.4, -0.2) is 31.3 Å². The first-order chi connectivity index (χ1) is 12.5. The standard InChI is InChI=1S/C19H17ClN2O4/c1-24-12-6-4-11(5-7-12)8-14(20)18-21-15-10-17(26-3)16(25-2)9-13(15)19(23)22-18/h4-10H,1-3H3,(H,21,22,23)/b14-8+. The number of fused-ring (bicyclic) bond motifs is 1. The number of hydrogen-bond donors (Lipinski definition) is 1. The lowest BCUT2D eigenvalue weighted by Crippen LogP contribution is -2.11. The summed E-state index contributed by atoms with van der Waals surface area (Å²) in [7, 11) is 4.63. The molecule has 0 aliphatic heterocycles. The number of nitrogens with zero attached hydrogens (tertiary/aromatic N) is 1. The van der Waals surface area contributed by atoms with E-state index in [0.717, 1.165) is 11.3 Å². The normalized spacial score (nSPS) is 11.5. The highest BCUT2D eigenvalue weighted by Crippen LogP contribution is 2.30. The van der Waals surface area contributed by atoms with Gasteiger partial charge in [0, 0.05) is 6.07 Å². The largest absolute Gasteiger partial charge is 0.497 e. The summed E-state index contributed by atoms with van der Waals surface area (Å²) in [6.45, 7) is 0. The summed E-state index contributed by atoms with van der Waals surface area (Å²) in [4.78, 5) is 19.5. The van der Waals surface area contributed by atoms with Crippen LogP contribution in [0.2, 0.25) is 0 Å². The van der Waals surface area contributed by atoms with Crippen molar-refractivity contribution in [3.8, 4) is 17.2 Å². The van der Waals surface area contributed by atoms with Gasteiger partial charge in [0.25, 0.3) is 5.56 Å². The Bertz CT molecular complexity index is 1030. The highest BCUT2D eigenvalue weighted by atomic mass is 35.5. The van der Waals surface area contributed by atoms with E-state index < -0.39 is 0 Å². The molecule has 0 saturated heterocycles. The molecule has 1 heterocycles. The molecule has 2 aromatic carbocycles. The number of H-pyrrole nitrogens is 1. The van der Waals surface area contributed by atoms with Crippen molar-refractivity contribution in [2.75, 3.05) is 21.3 Å². The molecule has 0 saturated carbocycles. The number of ether oxygens (including phenoxy) is 3. The molecule has 1 N–H and O–H groups in total. The van der Waals surface area contributed by atoms with Crippen molar-refractivity contribution in [3.05, 3.63) is 58.1 Å². The van der Waals surface area contributed by atoms with Crippen LogP contribution in [0.15, 0.2) is 41.2 Å². The first kappa shape index (κ1) is 17.8. The molecule has 1 aromatic heterocycles. The molecular formula is C19H17ClN2O4. The Labute approximate surface area is 155 Å². The highest BCUT2D eigenvalue weighted by Gasteiger charge is 2.12. The van der Waals surface area contributed by atoms with Gasteiger partial charge in [-0.2, -0.15) is 0 Å². The monoisotopic (exact) mass is 372 g/mol. The fourth-order valence-corrected chi connectivity index (χ4v) is 2.71. The van der Waals surface area contributed by atoms with E-state index in [4.69, 9.17) is 25.8 Å². The van der Waals surface area contributed by atoms with Gasteiger partial charge in [0.05, 0.1) is 37.3 Å². The van der Waals surface area contributed by atoms with Crippen LogP contribution in [0.4, 0.5) is 0 Å². The number of nitrogens with one attached hydrogen (secondary N) is 1. The summed E-state index contributed by atoms with van der Waals surface area (Å²) < 4.78 is 15.6. The number of benzene rings is 2. The molecule has 134 valence electrons. The SMILES string of the molecule is COc1ccc(/C=C(/Cl)c2nc3cc(OC)c(OC)cc3c(=O)[nH]2)cc1. The third-order valence-electron chi connectivity index (χ3n) is 3.85. The molecule has 3 aromatic rings. The fraction of sp³-hybridized carbons (Fsp3) is 0.158. The number of aromatic amines is 1. The van der Waals surface area contributed by atoms with E-state index in [-0.39, 0.29) is 11.4 Å². The van der Waals surface area contributed by atoms with Gasteiger partial charge in [-0.15, -0.1) is 0 Å². The second-order valence-corrected chi connectivity index (χ2v) is 5.81. The minimum atomic E-state index is -0.313. The van der Waals surface area contributed by atoms with E-state index in [2.05, 4.69) is 9.97 Å². The summed E-state index contributed by atoms with van der Waals surface area (Å²) in [5.74, 6) is 1.96. The van der Waals surface area contributed by atoms with Crippen molar-refractivity contribution in [2.45, 2.75) is 0 Å². The van der Waals surface area contributed by atoms with Gasteiger partial charge in [0.2, 0.25) is 0 Å². The number of halogens is 1. The topological polar surface area (TPSA) is 73.4 Å². The Balaban J connectivity index is 2.06. The van der Waals surface area contributed by atoms with Crippen LogP contribution in [-0.2, 0) is 0 Å². The molecule has 0 fully saturated rings. The predicted octanol–water partition coefficient (Wildman–Crippen LogP) is 3.69. The Morgan fingerprint density at radius 3 is 2.31 bits per heavy atom. The van der Waals surface area contributed by atoms with Gasteiger partial charge in [-0.1, -0.05) is 23.7 Å². The van der Waals surface area contributed by atoms with E-state index in [0.29, 0.717) is 27.4 Å². The lowest BCUT2D eigenvalue weighted by atomic mass is 10.2. The average Bonchev–Trinajstić information content (AvgIpc) is 2.67. The molecule has 6 nitrogen and oxygen atoms in total. The maximum atomic E-state index is 12.4. The van der Waals surface area contributed by atoms with Crippen molar-refractivity contribution in [1.82, 2.24) is 9.97 Å². The summed E-state index contributed by atoms with van der Waals surface area (Å²) in [5, 5.41) is 0.698. The van der Waals surface area contributed by atoms with Gasteiger partial charge in [0.1, 0.15) is 5.75 Å². The summed E-state index contributed by atoms with van der Waals surface area (Å²) >= 11 is 6.36. The molecule has 0 aliphatic rings. The number of methoxy groups -OCH3 is 3. The molecule has 0 atom stereocenters. The zero-order valence-corrected chi connectivity index (χ0v) is 15.3. The molecule has 0 bridgehead atoms. The maximum absolute atomic E-state index is 12.4. The molecule has 3 rings (SSSR count). The Hall–Kier alpha value is -2.99. The summed E-state index contributed by atoms with van der Waals surface area (Å²) in [5.41, 5.74) is 1.00. The van der Waals surface area contributed by atoms with Gasteiger partial charge in [-0.05, 0) is 29.8 Å². The third kappa shape index (κ3) is 3.50. The first-order valence-electron chi connectivity index (χ1n) is 7.73. The van der Waals surface area contributed by atoms with Crippen molar-refractivity contribution < 1.29 is 14.2 Å². The van der Waals surface area contributed by atoms with Gasteiger partial charge >= 0.3 is 0 Å². The minimum Gasteiger partial charge on any atom is -0.497 e. The van der Waals surface area contributed by atoms with Gasteiger partial charge in [-0.25, -0.2) is 4.98 Å². The lowest BCUT2D eigenvalue weighted by molar-refractivity contribution is 0.355. The Kier molecular flexibility index (Phi) is 5.14. The van der Waals surface area contributed by atoms with Crippen LogP contribution in [0.25, 0.3) is 22.0 Å². The smallest absolute Gasteiger partial charge is 0.259 e. The zero-order valence-electron chi connectivity index (χ0n) is 14.5. The first-order valence-corrected chi connectivity index (χ1v) is 8.11. The Morgan fingerprint density at radius 1 is 1.04 bits per heavy atom. The van der Waals surface area contributed by atoms with Crippen molar-refractivity contribution in [2.24, 2.45) is 0 Å². The van der Waals surface area contributed by atoms with E-state index in [1.165, 1.54) is 14.2 Å². The average molecular weight is 373 g/mol. The van der Waals surface area contributed by atoms with Gasteiger partial charge in [0.15, 0.2) is 17.3 Å². The van der Waals surface area contributed by atoms with Gasteiger partial charge in [-0.3, -0.25) is 4.79 Å². The molecule has 26 heavy (non-hydrogen) atoms. The third-order valence-corrected chi connectivity index (χ3v) is 4.13. The highest BCUT2D eigenvalue weighted by molar-refractivity contribution is 6.50. The van der Waals surface area contributed by atoms with Crippen molar-refractivity contribution in [1.29, 1.82) is 0 Å². The van der Waals surface area contributed by atoms with Crippen LogP contribution >= 0.6 is 11.6 Å². The van der Waals surface area contributed by atoms with E-state index in [1.54, 1.807) is 25.3 Å². The number of rotatable bonds is 5. The second kappa shape index (κ2) is 7.49. The van der Waals surface area contributed by atoms with Crippen LogP contribution < -0.4 is 19.8 Å². The molecule has 0 radical (unpaired) electrons. The molecule has 0 amide bonds. The van der Waals surface area contributed by atoms with E-state index in [1.807, 2.05) is 24.3 Å². The number of aromatic nitrogens is 2. The lowest BCUT2D eigenvalue weighted by Gasteiger charge is -2.09. The van der Waals surface area contributed by atoms with E-state index in [9.17, 15) is 4.79 Å². The molecule has 0 unspecified atom stereocenters. The number of hydrogen-bond acceptors (Lipinski definition) is 5. The van der Waals surface area contributed by atoms with Crippen molar-refractivity contribution >= 4 is 33.6 Å². The molecule has 0 spiro atoms. The maximum Gasteiger partial charge on any atom is 0.259 e. The van der Waals surface area contributed by atoms with Crippen LogP contribution in [0.5, 0.6) is 17.2 Å². The predicted molar refractivity (Wildman–Crippen MR) is 102 cm³/mol. The van der Waals surface area contributed by atoms with Crippen LogP contribution in [0.3, 0.4) is 0 Å². The molecule has 7 heteroatoms.